The van der Waals surface area contributed by atoms with Crippen molar-refractivity contribution < 1.29 is 0 Å². The molecule has 2 heteroatoms. The highest BCUT2D eigenvalue weighted by atomic mass is 15.1. The molecule has 1 atom stereocenters. The van der Waals surface area contributed by atoms with E-state index in [-0.39, 0.29) is 0 Å². The standard InChI is InChI=1S/C13H20BN/c1-11-4-3-7-15(9-11)10-12-5-2-6-13(14)8-12/h2,5-6,8,11H,3-4,7,9-10,14H2,1H3. The van der Waals surface area contributed by atoms with Crippen LogP contribution >= 0.6 is 0 Å². The van der Waals surface area contributed by atoms with Crippen LogP contribution in [0.3, 0.4) is 0 Å². The van der Waals surface area contributed by atoms with Gasteiger partial charge in [-0.05, 0) is 30.9 Å². The maximum absolute atomic E-state index is 2.59. The average Bonchev–Trinajstić information content (AvgIpc) is 2.17. The van der Waals surface area contributed by atoms with E-state index in [2.05, 4.69) is 43.9 Å². The van der Waals surface area contributed by atoms with Crippen molar-refractivity contribution in [3.05, 3.63) is 29.8 Å². The maximum Gasteiger partial charge on any atom is 0.139 e. The lowest BCUT2D eigenvalue weighted by Crippen LogP contribution is -2.33. The smallest absolute Gasteiger partial charge is 0.139 e. The molecule has 0 radical (unpaired) electrons. The van der Waals surface area contributed by atoms with E-state index in [1.807, 2.05) is 0 Å². The zero-order chi connectivity index (χ0) is 10.7. The van der Waals surface area contributed by atoms with Crippen LogP contribution in [0.15, 0.2) is 24.3 Å². The summed E-state index contributed by atoms with van der Waals surface area (Å²) in [5.41, 5.74) is 2.83. The van der Waals surface area contributed by atoms with Gasteiger partial charge in [0.1, 0.15) is 7.85 Å². The summed E-state index contributed by atoms with van der Waals surface area (Å²) in [6, 6.07) is 8.88. The molecule has 0 aliphatic carbocycles. The first-order valence-electron chi connectivity index (χ1n) is 6.02. The van der Waals surface area contributed by atoms with Crippen LogP contribution in [-0.2, 0) is 6.54 Å². The molecule has 80 valence electrons. The van der Waals surface area contributed by atoms with Gasteiger partial charge in [0.25, 0.3) is 0 Å². The van der Waals surface area contributed by atoms with E-state index in [9.17, 15) is 0 Å². The molecule has 0 spiro atoms. The highest BCUT2D eigenvalue weighted by Crippen LogP contribution is 2.17. The van der Waals surface area contributed by atoms with Crippen molar-refractivity contribution in [2.75, 3.05) is 13.1 Å². The summed E-state index contributed by atoms with van der Waals surface area (Å²) >= 11 is 0. The van der Waals surface area contributed by atoms with E-state index < -0.39 is 0 Å². The van der Waals surface area contributed by atoms with Gasteiger partial charge in [-0.3, -0.25) is 4.90 Å². The SMILES string of the molecule is Bc1cccc(CN2CCCC(C)C2)c1. The molecular weight excluding hydrogens is 181 g/mol. The van der Waals surface area contributed by atoms with Crippen LogP contribution in [0.25, 0.3) is 0 Å². The van der Waals surface area contributed by atoms with E-state index in [4.69, 9.17) is 0 Å². The van der Waals surface area contributed by atoms with Crippen LogP contribution in [0.5, 0.6) is 0 Å². The Morgan fingerprint density at radius 1 is 1.47 bits per heavy atom. The Bertz CT molecular complexity index is 324. The average molecular weight is 201 g/mol. The number of benzene rings is 1. The molecule has 1 aromatic carbocycles. The molecular formula is C13H20BN. The van der Waals surface area contributed by atoms with Crippen molar-refractivity contribution in [2.45, 2.75) is 26.3 Å². The molecule has 0 N–H and O–H groups in total. The van der Waals surface area contributed by atoms with Crippen LogP contribution in [0.2, 0.25) is 0 Å². The molecule has 1 aromatic rings. The van der Waals surface area contributed by atoms with Gasteiger partial charge in [-0.25, -0.2) is 0 Å². The molecule has 2 rings (SSSR count). The van der Waals surface area contributed by atoms with E-state index in [1.54, 1.807) is 0 Å². The van der Waals surface area contributed by atoms with Crippen molar-refractivity contribution in [3.8, 4) is 0 Å². The van der Waals surface area contributed by atoms with E-state index in [1.165, 1.54) is 37.0 Å². The summed E-state index contributed by atoms with van der Waals surface area (Å²) in [5.74, 6) is 0.878. The second-order valence-electron chi connectivity index (χ2n) is 4.97. The molecule has 1 fully saturated rings. The van der Waals surface area contributed by atoms with Crippen LogP contribution < -0.4 is 5.46 Å². The van der Waals surface area contributed by atoms with Crippen molar-refractivity contribution in [2.24, 2.45) is 5.92 Å². The van der Waals surface area contributed by atoms with E-state index in [0.717, 1.165) is 12.5 Å². The molecule has 1 heterocycles. The van der Waals surface area contributed by atoms with Gasteiger partial charge in [0.2, 0.25) is 0 Å². The minimum atomic E-state index is 0.878. The Balaban J connectivity index is 1.96. The van der Waals surface area contributed by atoms with Crippen molar-refractivity contribution in [1.82, 2.24) is 4.90 Å². The number of hydrogen-bond acceptors (Lipinski definition) is 1. The molecule has 1 saturated heterocycles. The third kappa shape index (κ3) is 3.10. The van der Waals surface area contributed by atoms with Crippen LogP contribution in [-0.4, -0.2) is 25.8 Å². The summed E-state index contributed by atoms with van der Waals surface area (Å²) in [6.45, 7) is 6.04. The highest BCUT2D eigenvalue weighted by Gasteiger charge is 2.15. The topological polar surface area (TPSA) is 3.24 Å². The minimum Gasteiger partial charge on any atom is -0.299 e. The van der Waals surface area contributed by atoms with Gasteiger partial charge in [0, 0.05) is 13.1 Å². The summed E-state index contributed by atoms with van der Waals surface area (Å²) in [4.78, 5) is 2.59. The largest absolute Gasteiger partial charge is 0.299 e. The monoisotopic (exact) mass is 201 g/mol. The molecule has 0 bridgehead atoms. The lowest BCUT2D eigenvalue weighted by Gasteiger charge is -2.30. The molecule has 15 heavy (non-hydrogen) atoms. The zero-order valence-corrected chi connectivity index (χ0v) is 9.87. The Morgan fingerprint density at radius 3 is 3.07 bits per heavy atom. The Hall–Kier alpha value is -0.755. The predicted octanol–water partition coefficient (Wildman–Crippen LogP) is 1.18. The van der Waals surface area contributed by atoms with Gasteiger partial charge in [-0.1, -0.05) is 36.7 Å². The quantitative estimate of drug-likeness (QED) is 0.649. The first-order valence-corrected chi connectivity index (χ1v) is 6.02. The second-order valence-corrected chi connectivity index (χ2v) is 4.97. The number of likely N-dealkylation sites (tertiary alicyclic amines) is 1. The molecule has 1 unspecified atom stereocenters. The minimum absolute atomic E-state index is 0.878. The fourth-order valence-electron chi connectivity index (χ4n) is 2.50. The highest BCUT2D eigenvalue weighted by molar-refractivity contribution is 6.32. The number of hydrogen-bond donors (Lipinski definition) is 0. The van der Waals surface area contributed by atoms with Crippen molar-refractivity contribution in [3.63, 3.8) is 0 Å². The van der Waals surface area contributed by atoms with Crippen LogP contribution in [0, 0.1) is 5.92 Å². The fraction of sp³-hybridized carbons (Fsp3) is 0.538. The summed E-state index contributed by atoms with van der Waals surface area (Å²) in [5, 5.41) is 0. The van der Waals surface area contributed by atoms with Gasteiger partial charge in [-0.15, -0.1) is 0 Å². The lowest BCUT2D eigenvalue weighted by atomic mass is 9.94. The Kier molecular flexibility index (Phi) is 3.47. The van der Waals surface area contributed by atoms with Crippen molar-refractivity contribution in [1.29, 1.82) is 0 Å². The summed E-state index contributed by atoms with van der Waals surface area (Å²) in [7, 11) is 2.17. The molecule has 0 amide bonds. The van der Waals surface area contributed by atoms with Gasteiger partial charge in [-0.2, -0.15) is 0 Å². The molecule has 1 aliphatic heterocycles. The van der Waals surface area contributed by atoms with Gasteiger partial charge >= 0.3 is 0 Å². The number of rotatable bonds is 2. The van der Waals surface area contributed by atoms with Gasteiger partial charge in [0.05, 0.1) is 0 Å². The second kappa shape index (κ2) is 4.85. The Labute approximate surface area is 93.9 Å². The Morgan fingerprint density at radius 2 is 2.33 bits per heavy atom. The maximum atomic E-state index is 2.59. The third-order valence-electron chi connectivity index (χ3n) is 3.23. The lowest BCUT2D eigenvalue weighted by molar-refractivity contribution is 0.176. The van der Waals surface area contributed by atoms with Crippen LogP contribution in [0.1, 0.15) is 25.3 Å². The third-order valence-corrected chi connectivity index (χ3v) is 3.23. The molecule has 1 aliphatic rings. The summed E-state index contributed by atoms with van der Waals surface area (Å²) in [6.07, 6.45) is 2.78. The van der Waals surface area contributed by atoms with Crippen LogP contribution in [0.4, 0.5) is 0 Å². The molecule has 0 aromatic heterocycles. The molecule has 0 saturated carbocycles. The van der Waals surface area contributed by atoms with Crippen molar-refractivity contribution >= 4 is 13.3 Å². The molecule has 1 nitrogen and oxygen atoms in total. The fourth-order valence-corrected chi connectivity index (χ4v) is 2.50. The van der Waals surface area contributed by atoms with E-state index in [0.29, 0.717) is 0 Å². The first-order chi connectivity index (χ1) is 7.24. The van der Waals surface area contributed by atoms with Gasteiger partial charge < -0.3 is 0 Å². The van der Waals surface area contributed by atoms with E-state index >= 15 is 0 Å². The van der Waals surface area contributed by atoms with Gasteiger partial charge in [0.15, 0.2) is 0 Å². The normalized spacial score (nSPS) is 22.9. The number of nitrogens with zero attached hydrogens (tertiary/aromatic N) is 1. The zero-order valence-electron chi connectivity index (χ0n) is 9.87. The number of piperidine rings is 1. The predicted molar refractivity (Wildman–Crippen MR) is 68.3 cm³/mol. The summed E-state index contributed by atoms with van der Waals surface area (Å²) < 4.78 is 0. The first kappa shape index (κ1) is 10.8.